The lowest BCUT2D eigenvalue weighted by molar-refractivity contribution is 0.112. The Morgan fingerprint density at radius 3 is 3.00 bits per heavy atom. The summed E-state index contributed by atoms with van der Waals surface area (Å²) in [6.45, 7) is 0. The van der Waals surface area contributed by atoms with Crippen LogP contribution in [0.25, 0.3) is 6.08 Å². The number of nitrogens with zero attached hydrogens (tertiary/aromatic N) is 1. The molecule has 54 valence electrons. The van der Waals surface area contributed by atoms with Gasteiger partial charge in [-0.25, -0.2) is 0 Å². The maximum atomic E-state index is 10.2. The number of aldehydes is 1. The van der Waals surface area contributed by atoms with Crippen molar-refractivity contribution < 1.29 is 4.79 Å². The van der Waals surface area contributed by atoms with E-state index in [9.17, 15) is 4.79 Å². The van der Waals surface area contributed by atoms with Crippen molar-refractivity contribution in [3.63, 3.8) is 0 Å². The number of carbonyl (C=O) groups is 1. The number of hydrogen-bond donors (Lipinski definition) is 0. The Bertz CT molecular complexity index is 319. The van der Waals surface area contributed by atoms with Gasteiger partial charge >= 0.3 is 0 Å². The highest BCUT2D eigenvalue weighted by Crippen LogP contribution is 2.13. The van der Waals surface area contributed by atoms with Gasteiger partial charge in [0.25, 0.3) is 0 Å². The SMILES string of the molecule is N#CC=Cc1csc(C=O)c1. The maximum absolute atomic E-state index is 10.2. The molecule has 11 heavy (non-hydrogen) atoms. The molecule has 0 aliphatic carbocycles. The van der Waals surface area contributed by atoms with E-state index in [2.05, 4.69) is 0 Å². The van der Waals surface area contributed by atoms with Gasteiger partial charge in [-0.1, -0.05) is 0 Å². The first-order valence-corrected chi connectivity index (χ1v) is 3.84. The molecule has 0 spiro atoms. The van der Waals surface area contributed by atoms with Crippen LogP contribution in [0.3, 0.4) is 0 Å². The van der Waals surface area contributed by atoms with Gasteiger partial charge in [0.15, 0.2) is 6.29 Å². The van der Waals surface area contributed by atoms with Crippen molar-refractivity contribution in [1.82, 2.24) is 0 Å². The Morgan fingerprint density at radius 2 is 2.45 bits per heavy atom. The number of rotatable bonds is 2. The maximum Gasteiger partial charge on any atom is 0.160 e. The second kappa shape index (κ2) is 3.69. The average Bonchev–Trinajstić information content (AvgIpc) is 2.48. The molecule has 0 atom stereocenters. The fourth-order valence-electron chi connectivity index (χ4n) is 0.651. The van der Waals surface area contributed by atoms with E-state index in [-0.39, 0.29) is 0 Å². The molecule has 0 aliphatic rings. The molecule has 0 saturated heterocycles. The largest absolute Gasteiger partial charge is 0.297 e. The van der Waals surface area contributed by atoms with Crippen LogP contribution in [0.4, 0.5) is 0 Å². The minimum Gasteiger partial charge on any atom is -0.297 e. The molecule has 1 rings (SSSR count). The third-order valence-corrected chi connectivity index (χ3v) is 1.98. The number of thiophene rings is 1. The van der Waals surface area contributed by atoms with E-state index in [1.807, 2.05) is 11.4 Å². The summed E-state index contributed by atoms with van der Waals surface area (Å²) in [6.07, 6.45) is 3.86. The second-order valence-electron chi connectivity index (χ2n) is 1.86. The highest BCUT2D eigenvalue weighted by molar-refractivity contribution is 7.11. The van der Waals surface area contributed by atoms with Crippen LogP contribution in [0.5, 0.6) is 0 Å². The smallest absolute Gasteiger partial charge is 0.160 e. The molecule has 0 unspecified atom stereocenters. The summed E-state index contributed by atoms with van der Waals surface area (Å²) in [5.41, 5.74) is 0.902. The molecule has 1 heterocycles. The quantitative estimate of drug-likeness (QED) is 0.494. The third-order valence-electron chi connectivity index (χ3n) is 1.11. The number of nitriles is 1. The van der Waals surface area contributed by atoms with Gasteiger partial charge in [-0.15, -0.1) is 11.3 Å². The standard InChI is InChI=1S/C8H5NOS/c9-3-1-2-7-4-8(5-10)11-6-7/h1-2,4-6H. The molecular weight excluding hydrogens is 158 g/mol. The van der Waals surface area contributed by atoms with Crippen molar-refractivity contribution in [3.05, 3.63) is 28.0 Å². The predicted molar refractivity (Wildman–Crippen MR) is 44.4 cm³/mol. The van der Waals surface area contributed by atoms with Crippen molar-refractivity contribution in [2.45, 2.75) is 0 Å². The monoisotopic (exact) mass is 163 g/mol. The van der Waals surface area contributed by atoms with Crippen LogP contribution in [0.1, 0.15) is 15.2 Å². The minimum absolute atomic E-state index is 0.683. The van der Waals surface area contributed by atoms with Crippen LogP contribution < -0.4 is 0 Å². The molecule has 0 amide bonds. The summed E-state index contributed by atoms with van der Waals surface area (Å²) < 4.78 is 0. The first kappa shape index (κ1) is 7.70. The Kier molecular flexibility index (Phi) is 2.59. The Morgan fingerprint density at radius 1 is 1.64 bits per heavy atom. The van der Waals surface area contributed by atoms with Crippen molar-refractivity contribution in [3.8, 4) is 6.07 Å². The lowest BCUT2D eigenvalue weighted by atomic mass is 10.3. The lowest BCUT2D eigenvalue weighted by Crippen LogP contribution is -1.65. The highest BCUT2D eigenvalue weighted by Gasteiger charge is 1.93. The zero-order chi connectivity index (χ0) is 8.10. The Labute approximate surface area is 68.4 Å². The first-order chi connectivity index (χ1) is 5.36. The normalized spacial score (nSPS) is 9.73. The zero-order valence-electron chi connectivity index (χ0n) is 5.65. The summed E-state index contributed by atoms with van der Waals surface area (Å²) in [4.78, 5) is 10.9. The van der Waals surface area contributed by atoms with Crippen LogP contribution in [0.15, 0.2) is 17.5 Å². The molecule has 0 fully saturated rings. The average molecular weight is 163 g/mol. The Balaban J connectivity index is 2.82. The van der Waals surface area contributed by atoms with E-state index in [1.54, 1.807) is 12.1 Å². The molecular formula is C8H5NOS. The summed E-state index contributed by atoms with van der Waals surface area (Å²) in [5, 5.41) is 10.0. The molecule has 2 nitrogen and oxygen atoms in total. The molecule has 0 bridgehead atoms. The van der Waals surface area contributed by atoms with Crippen molar-refractivity contribution in [2.75, 3.05) is 0 Å². The predicted octanol–water partition coefficient (Wildman–Crippen LogP) is 2.10. The molecule has 1 aromatic heterocycles. The van der Waals surface area contributed by atoms with Gasteiger partial charge in [-0.3, -0.25) is 4.79 Å². The van der Waals surface area contributed by atoms with Gasteiger partial charge in [-0.2, -0.15) is 5.26 Å². The molecule has 0 N–H and O–H groups in total. The lowest BCUT2D eigenvalue weighted by Gasteiger charge is -1.75. The topological polar surface area (TPSA) is 40.9 Å². The fourth-order valence-corrected chi connectivity index (χ4v) is 1.33. The van der Waals surface area contributed by atoms with E-state index < -0.39 is 0 Å². The van der Waals surface area contributed by atoms with Crippen molar-refractivity contribution in [2.24, 2.45) is 0 Å². The van der Waals surface area contributed by atoms with Crippen molar-refractivity contribution in [1.29, 1.82) is 5.26 Å². The van der Waals surface area contributed by atoms with Crippen molar-refractivity contribution >= 4 is 23.7 Å². The van der Waals surface area contributed by atoms with Crippen LogP contribution in [0.2, 0.25) is 0 Å². The molecule has 0 radical (unpaired) electrons. The summed E-state index contributed by atoms with van der Waals surface area (Å²) in [7, 11) is 0. The number of hydrogen-bond acceptors (Lipinski definition) is 3. The van der Waals surface area contributed by atoms with Crippen LogP contribution in [-0.2, 0) is 0 Å². The number of allylic oxidation sites excluding steroid dienone is 1. The molecule has 0 saturated carbocycles. The zero-order valence-corrected chi connectivity index (χ0v) is 6.47. The van der Waals surface area contributed by atoms with Gasteiger partial charge in [0.05, 0.1) is 10.9 Å². The van der Waals surface area contributed by atoms with Crippen LogP contribution in [-0.4, -0.2) is 6.29 Å². The molecule has 0 aliphatic heterocycles. The Hall–Kier alpha value is -1.40. The van der Waals surface area contributed by atoms with Gasteiger partial charge < -0.3 is 0 Å². The first-order valence-electron chi connectivity index (χ1n) is 2.96. The third kappa shape index (κ3) is 2.03. The highest BCUT2D eigenvalue weighted by atomic mass is 32.1. The summed E-state index contributed by atoms with van der Waals surface area (Å²) in [5.74, 6) is 0. The van der Waals surface area contributed by atoms with Gasteiger partial charge in [0, 0.05) is 6.08 Å². The van der Waals surface area contributed by atoms with E-state index in [1.165, 1.54) is 17.4 Å². The second-order valence-corrected chi connectivity index (χ2v) is 2.81. The fraction of sp³-hybridized carbons (Fsp3) is 0. The molecule has 0 aromatic carbocycles. The minimum atomic E-state index is 0.683. The van der Waals surface area contributed by atoms with E-state index in [4.69, 9.17) is 5.26 Å². The van der Waals surface area contributed by atoms with E-state index in [0.29, 0.717) is 4.88 Å². The van der Waals surface area contributed by atoms with E-state index >= 15 is 0 Å². The van der Waals surface area contributed by atoms with Gasteiger partial charge in [-0.05, 0) is 23.1 Å². The van der Waals surface area contributed by atoms with E-state index in [0.717, 1.165) is 11.8 Å². The number of carbonyl (C=O) groups excluding carboxylic acids is 1. The van der Waals surface area contributed by atoms with Gasteiger partial charge in [0.1, 0.15) is 0 Å². The van der Waals surface area contributed by atoms with Crippen LogP contribution in [0, 0.1) is 11.3 Å². The summed E-state index contributed by atoms with van der Waals surface area (Å²) >= 11 is 1.37. The molecule has 1 aromatic rings. The van der Waals surface area contributed by atoms with Gasteiger partial charge in [0.2, 0.25) is 0 Å². The summed E-state index contributed by atoms with van der Waals surface area (Å²) in [6, 6.07) is 3.62. The van der Waals surface area contributed by atoms with Crippen LogP contribution >= 0.6 is 11.3 Å². The molecule has 3 heteroatoms.